The molecule has 0 radical (unpaired) electrons. The summed E-state index contributed by atoms with van der Waals surface area (Å²) in [5.74, 6) is 0. The lowest BCUT2D eigenvalue weighted by atomic mass is 10.0. The van der Waals surface area contributed by atoms with Gasteiger partial charge in [0.1, 0.15) is 12.2 Å². The topological polar surface area (TPSA) is 32.7 Å². The maximum atomic E-state index is 10.5. The molecule has 1 heterocycles. The van der Waals surface area contributed by atoms with Crippen molar-refractivity contribution in [3.05, 3.63) is 70.7 Å². The fourth-order valence-electron chi connectivity index (χ4n) is 2.78. The van der Waals surface area contributed by atoms with Crippen molar-refractivity contribution in [2.24, 2.45) is 0 Å². The van der Waals surface area contributed by atoms with Crippen LogP contribution in [-0.4, -0.2) is 35.8 Å². The van der Waals surface area contributed by atoms with Crippen LogP contribution in [0.5, 0.6) is 0 Å². The van der Waals surface area contributed by atoms with Gasteiger partial charge in [0.05, 0.1) is 6.61 Å². The Morgan fingerprint density at radius 1 is 1.14 bits per heavy atom. The SMILES string of the molecule is O[C@H](c1ccc(Cl)cc1)[C@H]1CN(Cc2ccccc2)CCO1. The van der Waals surface area contributed by atoms with E-state index in [1.165, 1.54) is 5.56 Å². The molecule has 0 saturated carbocycles. The minimum absolute atomic E-state index is 0.210. The molecule has 1 aliphatic rings. The van der Waals surface area contributed by atoms with Gasteiger partial charge in [0, 0.05) is 24.7 Å². The maximum Gasteiger partial charge on any atom is 0.106 e. The Balaban J connectivity index is 1.63. The summed E-state index contributed by atoms with van der Waals surface area (Å²) < 4.78 is 5.77. The van der Waals surface area contributed by atoms with E-state index in [1.54, 1.807) is 12.1 Å². The van der Waals surface area contributed by atoms with Crippen LogP contribution in [0.2, 0.25) is 5.02 Å². The molecule has 2 atom stereocenters. The number of hydrogen-bond donors (Lipinski definition) is 1. The lowest BCUT2D eigenvalue weighted by Gasteiger charge is -2.35. The Kier molecular flexibility index (Phi) is 5.11. The molecule has 22 heavy (non-hydrogen) atoms. The Bertz CT molecular complexity index is 588. The van der Waals surface area contributed by atoms with Crippen molar-refractivity contribution in [3.8, 4) is 0 Å². The van der Waals surface area contributed by atoms with Crippen LogP contribution in [0.3, 0.4) is 0 Å². The number of morpholine rings is 1. The summed E-state index contributed by atoms with van der Waals surface area (Å²) in [5.41, 5.74) is 2.13. The van der Waals surface area contributed by atoms with Crippen molar-refractivity contribution in [1.82, 2.24) is 4.90 Å². The van der Waals surface area contributed by atoms with Gasteiger partial charge in [0.2, 0.25) is 0 Å². The van der Waals surface area contributed by atoms with Crippen LogP contribution in [0.25, 0.3) is 0 Å². The number of benzene rings is 2. The van der Waals surface area contributed by atoms with Crippen LogP contribution in [0.1, 0.15) is 17.2 Å². The molecular weight excluding hydrogens is 298 g/mol. The zero-order chi connectivity index (χ0) is 15.4. The average molecular weight is 318 g/mol. The number of nitrogens with zero attached hydrogens (tertiary/aromatic N) is 1. The summed E-state index contributed by atoms with van der Waals surface area (Å²) in [4.78, 5) is 2.32. The first-order valence-corrected chi connectivity index (χ1v) is 7.91. The van der Waals surface area contributed by atoms with E-state index in [-0.39, 0.29) is 6.10 Å². The molecule has 3 nitrogen and oxygen atoms in total. The van der Waals surface area contributed by atoms with Gasteiger partial charge >= 0.3 is 0 Å². The van der Waals surface area contributed by atoms with Gasteiger partial charge in [-0.25, -0.2) is 0 Å². The van der Waals surface area contributed by atoms with Gasteiger partial charge in [-0.05, 0) is 23.3 Å². The molecular formula is C18H20ClNO2. The molecule has 3 rings (SSSR count). The van der Waals surface area contributed by atoms with Crippen molar-refractivity contribution >= 4 is 11.6 Å². The van der Waals surface area contributed by atoms with Crippen LogP contribution in [0, 0.1) is 0 Å². The molecule has 1 N–H and O–H groups in total. The lowest BCUT2D eigenvalue weighted by molar-refractivity contribution is -0.0918. The standard InChI is InChI=1S/C18H20ClNO2/c19-16-8-6-15(7-9-16)18(21)17-13-20(10-11-22-17)12-14-4-2-1-3-5-14/h1-9,17-18,21H,10-13H2/t17-,18-/m1/s1. The minimum atomic E-state index is -0.629. The van der Waals surface area contributed by atoms with E-state index in [4.69, 9.17) is 16.3 Å². The average Bonchev–Trinajstić information content (AvgIpc) is 2.56. The second-order valence-corrected chi connectivity index (χ2v) is 6.06. The Labute approximate surface area is 136 Å². The molecule has 2 aromatic carbocycles. The monoisotopic (exact) mass is 317 g/mol. The summed E-state index contributed by atoms with van der Waals surface area (Å²) in [6.45, 7) is 3.13. The predicted octanol–water partition coefficient (Wildman–Crippen LogP) is 3.27. The summed E-state index contributed by atoms with van der Waals surface area (Å²) in [7, 11) is 0. The number of ether oxygens (including phenoxy) is 1. The third-order valence-electron chi connectivity index (χ3n) is 3.99. The Morgan fingerprint density at radius 2 is 1.86 bits per heavy atom. The van der Waals surface area contributed by atoms with Crippen molar-refractivity contribution in [3.63, 3.8) is 0 Å². The largest absolute Gasteiger partial charge is 0.386 e. The van der Waals surface area contributed by atoms with Crippen LogP contribution in [-0.2, 0) is 11.3 Å². The van der Waals surface area contributed by atoms with Crippen LogP contribution >= 0.6 is 11.6 Å². The smallest absolute Gasteiger partial charge is 0.106 e. The zero-order valence-electron chi connectivity index (χ0n) is 12.4. The van der Waals surface area contributed by atoms with Gasteiger partial charge in [0.15, 0.2) is 0 Å². The number of aliphatic hydroxyl groups excluding tert-OH is 1. The molecule has 116 valence electrons. The molecule has 2 aromatic rings. The summed E-state index contributed by atoms with van der Waals surface area (Å²) in [6.07, 6.45) is -0.838. The van der Waals surface area contributed by atoms with E-state index in [0.29, 0.717) is 11.6 Å². The summed E-state index contributed by atoms with van der Waals surface area (Å²) in [5, 5.41) is 11.2. The van der Waals surface area contributed by atoms with Crippen molar-refractivity contribution in [2.45, 2.75) is 18.8 Å². The molecule has 0 amide bonds. The Morgan fingerprint density at radius 3 is 2.59 bits per heavy atom. The van der Waals surface area contributed by atoms with Crippen LogP contribution in [0.15, 0.2) is 54.6 Å². The summed E-state index contributed by atoms with van der Waals surface area (Å²) >= 11 is 5.89. The van der Waals surface area contributed by atoms with Crippen LogP contribution in [0.4, 0.5) is 0 Å². The van der Waals surface area contributed by atoms with Gasteiger partial charge in [0.25, 0.3) is 0 Å². The van der Waals surface area contributed by atoms with Gasteiger partial charge in [-0.15, -0.1) is 0 Å². The van der Waals surface area contributed by atoms with Crippen molar-refractivity contribution in [1.29, 1.82) is 0 Å². The highest BCUT2D eigenvalue weighted by molar-refractivity contribution is 6.30. The summed E-state index contributed by atoms with van der Waals surface area (Å²) in [6, 6.07) is 17.7. The number of hydrogen-bond acceptors (Lipinski definition) is 3. The van der Waals surface area contributed by atoms with E-state index in [1.807, 2.05) is 18.2 Å². The lowest BCUT2D eigenvalue weighted by Crippen LogP contribution is -2.44. The number of aliphatic hydroxyl groups is 1. The highest BCUT2D eigenvalue weighted by Crippen LogP contribution is 2.24. The highest BCUT2D eigenvalue weighted by atomic mass is 35.5. The maximum absolute atomic E-state index is 10.5. The minimum Gasteiger partial charge on any atom is -0.386 e. The van der Waals surface area contributed by atoms with E-state index < -0.39 is 6.10 Å². The Hall–Kier alpha value is -1.39. The highest BCUT2D eigenvalue weighted by Gasteiger charge is 2.27. The van der Waals surface area contributed by atoms with E-state index in [2.05, 4.69) is 29.2 Å². The van der Waals surface area contributed by atoms with Gasteiger partial charge in [-0.3, -0.25) is 4.90 Å². The van der Waals surface area contributed by atoms with Gasteiger partial charge < -0.3 is 9.84 Å². The molecule has 0 unspecified atom stereocenters. The van der Waals surface area contributed by atoms with E-state index in [0.717, 1.165) is 25.2 Å². The first-order valence-electron chi connectivity index (χ1n) is 7.54. The van der Waals surface area contributed by atoms with Gasteiger partial charge in [-0.2, -0.15) is 0 Å². The first kappa shape index (κ1) is 15.5. The predicted molar refractivity (Wildman–Crippen MR) is 87.9 cm³/mol. The van der Waals surface area contributed by atoms with Gasteiger partial charge in [-0.1, -0.05) is 54.1 Å². The quantitative estimate of drug-likeness (QED) is 0.939. The van der Waals surface area contributed by atoms with Crippen molar-refractivity contribution in [2.75, 3.05) is 19.7 Å². The third-order valence-corrected chi connectivity index (χ3v) is 4.24. The molecule has 0 aromatic heterocycles. The number of halogens is 1. The van der Waals surface area contributed by atoms with E-state index in [9.17, 15) is 5.11 Å². The molecule has 1 fully saturated rings. The molecule has 1 saturated heterocycles. The number of rotatable bonds is 4. The molecule has 4 heteroatoms. The fraction of sp³-hybridized carbons (Fsp3) is 0.333. The normalized spacial score (nSPS) is 20.7. The second-order valence-electron chi connectivity index (χ2n) is 5.63. The molecule has 0 bridgehead atoms. The molecule has 0 aliphatic carbocycles. The molecule has 1 aliphatic heterocycles. The van der Waals surface area contributed by atoms with Crippen LogP contribution < -0.4 is 0 Å². The molecule has 0 spiro atoms. The van der Waals surface area contributed by atoms with E-state index >= 15 is 0 Å². The van der Waals surface area contributed by atoms with Crippen molar-refractivity contribution < 1.29 is 9.84 Å². The zero-order valence-corrected chi connectivity index (χ0v) is 13.1. The second kappa shape index (κ2) is 7.25. The first-order chi connectivity index (χ1) is 10.7. The third kappa shape index (κ3) is 3.87. The fourth-order valence-corrected chi connectivity index (χ4v) is 2.91.